The van der Waals surface area contributed by atoms with E-state index in [9.17, 15) is 0 Å². The Bertz CT molecular complexity index is 2830. The average Bonchev–Trinajstić information content (AvgIpc) is 3.73. The van der Waals surface area contributed by atoms with Gasteiger partial charge in [0.15, 0.2) is 28.8 Å². The van der Waals surface area contributed by atoms with E-state index in [-0.39, 0.29) is 0 Å². The van der Waals surface area contributed by atoms with E-state index in [2.05, 4.69) is 93.7 Å². The first-order chi connectivity index (χ1) is 23.8. The minimum Gasteiger partial charge on any atom is -0.289 e. The molecule has 48 heavy (non-hydrogen) atoms. The summed E-state index contributed by atoms with van der Waals surface area (Å²) in [5.41, 5.74) is 10.1. The highest BCUT2D eigenvalue weighted by atomic mass is 15.1. The van der Waals surface area contributed by atoms with E-state index in [1.54, 1.807) is 0 Å². The smallest absolute Gasteiger partial charge is 0.182 e. The van der Waals surface area contributed by atoms with Crippen LogP contribution in [0.15, 0.2) is 152 Å². The molecule has 0 fully saturated rings. The molecule has 7 nitrogen and oxygen atoms in total. The second-order valence-electron chi connectivity index (χ2n) is 11.8. The van der Waals surface area contributed by atoms with Gasteiger partial charge in [-0.3, -0.25) is 8.80 Å². The van der Waals surface area contributed by atoms with E-state index in [0.717, 1.165) is 71.9 Å². The van der Waals surface area contributed by atoms with Crippen LogP contribution in [0.4, 0.5) is 0 Å². The van der Waals surface area contributed by atoms with E-state index < -0.39 is 0 Å². The Kier molecular flexibility index (Phi) is 5.74. The van der Waals surface area contributed by atoms with Crippen molar-refractivity contribution >= 4 is 55.2 Å². The van der Waals surface area contributed by atoms with Gasteiger partial charge in [-0.2, -0.15) is 0 Å². The average molecular weight is 616 g/mol. The fraction of sp³-hybridized carbons (Fsp3) is 0. The van der Waals surface area contributed by atoms with Crippen molar-refractivity contribution in [3.8, 4) is 34.2 Å². The van der Waals surface area contributed by atoms with Crippen molar-refractivity contribution in [2.45, 2.75) is 0 Å². The van der Waals surface area contributed by atoms with Gasteiger partial charge in [0.2, 0.25) is 0 Å². The van der Waals surface area contributed by atoms with Gasteiger partial charge in [0.1, 0.15) is 0 Å². The predicted molar refractivity (Wildman–Crippen MR) is 192 cm³/mol. The quantitative estimate of drug-likeness (QED) is 0.198. The van der Waals surface area contributed by atoms with Gasteiger partial charge >= 0.3 is 0 Å². The van der Waals surface area contributed by atoms with Crippen LogP contribution in [0.1, 0.15) is 0 Å². The SMILES string of the molecule is c1ccc(-c2nc(-c3ccccc3)nc(-c3ccc4c(c3)nc3c5nc6ccccc6n5c5ccccc5c5ccccc5n43)n2)cc1. The zero-order valence-electron chi connectivity index (χ0n) is 25.6. The Labute approximate surface area is 274 Å². The fourth-order valence-corrected chi connectivity index (χ4v) is 6.76. The van der Waals surface area contributed by atoms with Gasteiger partial charge in [-0.15, -0.1) is 0 Å². The maximum Gasteiger partial charge on any atom is 0.182 e. The fourth-order valence-electron chi connectivity index (χ4n) is 6.76. The Morgan fingerprint density at radius 3 is 1.33 bits per heavy atom. The molecule has 0 saturated heterocycles. The summed E-state index contributed by atoms with van der Waals surface area (Å²) in [4.78, 5) is 25.3. The number of hydrogen-bond donors (Lipinski definition) is 0. The van der Waals surface area contributed by atoms with Crippen molar-refractivity contribution in [2.75, 3.05) is 0 Å². The molecule has 224 valence electrons. The molecule has 10 rings (SSSR count). The molecule has 0 spiro atoms. The molecule has 0 aliphatic carbocycles. The molecule has 4 heterocycles. The summed E-state index contributed by atoms with van der Waals surface area (Å²) in [5, 5.41) is 2.26. The highest BCUT2D eigenvalue weighted by Crippen LogP contribution is 2.33. The van der Waals surface area contributed by atoms with Crippen molar-refractivity contribution in [3.05, 3.63) is 152 Å². The summed E-state index contributed by atoms with van der Waals surface area (Å²) in [5.74, 6) is 1.83. The molecule has 0 bridgehead atoms. The summed E-state index contributed by atoms with van der Waals surface area (Å²) in [6.45, 7) is 0. The highest BCUT2D eigenvalue weighted by Gasteiger charge is 2.18. The first-order valence-electron chi connectivity index (χ1n) is 15.9. The van der Waals surface area contributed by atoms with E-state index in [1.807, 2.05) is 66.7 Å². The molecule has 0 aliphatic heterocycles. The first kappa shape index (κ1) is 26.5. The van der Waals surface area contributed by atoms with Crippen LogP contribution in [0.5, 0.6) is 0 Å². The largest absolute Gasteiger partial charge is 0.289 e. The molecule has 0 saturated carbocycles. The van der Waals surface area contributed by atoms with Gasteiger partial charge in [-0.1, -0.05) is 109 Å². The number of aromatic nitrogens is 7. The van der Waals surface area contributed by atoms with Crippen molar-refractivity contribution in [2.24, 2.45) is 0 Å². The Morgan fingerprint density at radius 1 is 0.312 bits per heavy atom. The number of nitrogens with zero attached hydrogens (tertiary/aromatic N) is 7. The zero-order chi connectivity index (χ0) is 31.6. The van der Waals surface area contributed by atoms with Gasteiger partial charge in [0.05, 0.1) is 33.1 Å². The van der Waals surface area contributed by atoms with Crippen LogP contribution in [0.25, 0.3) is 89.3 Å². The number of hydrogen-bond acceptors (Lipinski definition) is 5. The van der Waals surface area contributed by atoms with E-state index >= 15 is 0 Å². The van der Waals surface area contributed by atoms with Crippen LogP contribution < -0.4 is 0 Å². The second kappa shape index (κ2) is 10.4. The number of para-hydroxylation sites is 4. The summed E-state index contributed by atoms with van der Waals surface area (Å²) < 4.78 is 4.48. The molecule has 4 aromatic heterocycles. The maximum absolute atomic E-state index is 5.32. The van der Waals surface area contributed by atoms with E-state index in [1.165, 1.54) is 0 Å². The minimum atomic E-state index is 0.588. The highest BCUT2D eigenvalue weighted by molar-refractivity contribution is 6.08. The van der Waals surface area contributed by atoms with E-state index in [0.29, 0.717) is 17.5 Å². The van der Waals surface area contributed by atoms with Crippen LogP contribution in [0, 0.1) is 0 Å². The third kappa shape index (κ3) is 4.04. The van der Waals surface area contributed by atoms with Gasteiger partial charge in [0, 0.05) is 27.5 Å². The van der Waals surface area contributed by atoms with Crippen LogP contribution in [-0.4, -0.2) is 33.7 Å². The number of rotatable bonds is 3. The third-order valence-corrected chi connectivity index (χ3v) is 8.95. The minimum absolute atomic E-state index is 0.588. The summed E-state index contributed by atoms with van der Waals surface area (Å²) >= 11 is 0. The summed E-state index contributed by atoms with van der Waals surface area (Å²) in [6.07, 6.45) is 0. The normalized spacial score (nSPS) is 11.8. The molecule has 0 radical (unpaired) electrons. The molecule has 7 heteroatoms. The van der Waals surface area contributed by atoms with Gasteiger partial charge in [-0.05, 0) is 42.5 Å². The lowest BCUT2D eigenvalue weighted by atomic mass is 10.1. The number of fused-ring (bicyclic) bond motifs is 12. The lowest BCUT2D eigenvalue weighted by Crippen LogP contribution is -2.00. The zero-order valence-corrected chi connectivity index (χ0v) is 25.6. The molecule has 0 aliphatic rings. The van der Waals surface area contributed by atoms with Crippen molar-refractivity contribution in [3.63, 3.8) is 0 Å². The van der Waals surface area contributed by atoms with Crippen LogP contribution in [-0.2, 0) is 0 Å². The molecule has 0 N–H and O–H groups in total. The maximum atomic E-state index is 5.32. The van der Waals surface area contributed by atoms with Crippen molar-refractivity contribution in [1.29, 1.82) is 0 Å². The van der Waals surface area contributed by atoms with Crippen LogP contribution in [0.2, 0.25) is 0 Å². The lowest BCUT2D eigenvalue weighted by molar-refractivity contribution is 1.07. The van der Waals surface area contributed by atoms with Crippen molar-refractivity contribution < 1.29 is 0 Å². The van der Waals surface area contributed by atoms with Crippen LogP contribution >= 0.6 is 0 Å². The molecular formula is C41H25N7. The molecular weight excluding hydrogens is 591 g/mol. The van der Waals surface area contributed by atoms with Gasteiger partial charge < -0.3 is 0 Å². The van der Waals surface area contributed by atoms with Gasteiger partial charge in [-0.25, -0.2) is 24.9 Å². The molecule has 0 atom stereocenters. The molecule has 10 aromatic rings. The van der Waals surface area contributed by atoms with Crippen molar-refractivity contribution in [1.82, 2.24) is 33.7 Å². The first-order valence-corrected chi connectivity index (χ1v) is 15.9. The Hall–Kier alpha value is -6.73. The van der Waals surface area contributed by atoms with E-state index in [4.69, 9.17) is 24.9 Å². The molecule has 6 aromatic carbocycles. The lowest BCUT2D eigenvalue weighted by Gasteiger charge is -2.09. The standard InChI is InChI=1S/C41H25N7/c1-3-13-26(14-4-1)37-44-38(27-15-5-2-6-16-27)46-39(45-37)28-23-24-36-32(25-28)43-41-40-42-31-19-9-12-22-35(31)47(40)33-20-10-7-17-29(33)30-18-8-11-21-34(30)48(36)41/h1-25H. The second-order valence-corrected chi connectivity index (χ2v) is 11.8. The number of imidazole rings is 2. The summed E-state index contributed by atoms with van der Waals surface area (Å²) in [7, 11) is 0. The monoisotopic (exact) mass is 615 g/mol. The number of benzene rings is 6. The predicted octanol–water partition coefficient (Wildman–Crippen LogP) is 9.34. The topological polar surface area (TPSA) is 73.3 Å². The third-order valence-electron chi connectivity index (χ3n) is 8.95. The molecule has 0 amide bonds. The summed E-state index contributed by atoms with van der Waals surface area (Å²) in [6, 6.07) is 51.6. The Morgan fingerprint density at radius 2 is 0.750 bits per heavy atom. The Balaban J connectivity index is 1.31. The van der Waals surface area contributed by atoms with Gasteiger partial charge in [0.25, 0.3) is 0 Å². The van der Waals surface area contributed by atoms with Crippen LogP contribution in [0.3, 0.4) is 0 Å². The molecule has 0 unspecified atom stereocenters.